The number of likely N-dealkylation sites (tertiary alicyclic amines) is 1. The van der Waals surface area contributed by atoms with E-state index in [0.29, 0.717) is 18.6 Å². The average molecular weight is 263 g/mol. The monoisotopic (exact) mass is 263 g/mol. The summed E-state index contributed by atoms with van der Waals surface area (Å²) < 4.78 is 6.12. The molecule has 2 fully saturated rings. The van der Waals surface area contributed by atoms with Crippen LogP contribution in [0.2, 0.25) is 0 Å². The first kappa shape index (κ1) is 14.6. The van der Waals surface area contributed by atoms with Gasteiger partial charge in [0.15, 0.2) is 0 Å². The maximum absolute atomic E-state index is 11.2. The quantitative estimate of drug-likeness (QED) is 0.680. The zero-order valence-corrected chi connectivity index (χ0v) is 12.4. The third-order valence-corrected chi connectivity index (χ3v) is 4.00. The Labute approximate surface area is 116 Å². The van der Waals surface area contributed by atoms with Gasteiger partial charge in [-0.25, -0.2) is 0 Å². The van der Waals surface area contributed by atoms with Gasteiger partial charge in [-0.1, -0.05) is 11.8 Å². The molecule has 0 aromatic rings. The molecule has 0 radical (unpaired) electrons. The molecule has 0 N–H and O–H groups in total. The van der Waals surface area contributed by atoms with Crippen molar-refractivity contribution >= 4 is 5.78 Å². The summed E-state index contributed by atoms with van der Waals surface area (Å²) in [5, 5.41) is 0. The standard InChI is InChI=1S/C16H25NO2/c1-15(2)8-4-9-16(3,19-15)10-5-11-17-12-6-14(18)7-13-17/h4,6-9,11-13H2,1-3H3. The fourth-order valence-electron chi connectivity index (χ4n) is 2.95. The molecule has 0 spiro atoms. The van der Waals surface area contributed by atoms with Crippen LogP contribution in [0.4, 0.5) is 0 Å². The number of rotatable bonds is 1. The van der Waals surface area contributed by atoms with E-state index in [2.05, 4.69) is 37.5 Å². The van der Waals surface area contributed by atoms with Crippen LogP contribution in [-0.4, -0.2) is 41.5 Å². The van der Waals surface area contributed by atoms with Gasteiger partial charge in [-0.05, 0) is 40.0 Å². The largest absolute Gasteiger partial charge is 0.357 e. The van der Waals surface area contributed by atoms with Gasteiger partial charge in [0.2, 0.25) is 0 Å². The Morgan fingerprint density at radius 3 is 2.53 bits per heavy atom. The first-order chi connectivity index (χ1) is 8.89. The van der Waals surface area contributed by atoms with Crippen molar-refractivity contribution in [3.63, 3.8) is 0 Å². The molecule has 0 saturated carbocycles. The van der Waals surface area contributed by atoms with E-state index in [-0.39, 0.29) is 11.2 Å². The number of hydrogen-bond acceptors (Lipinski definition) is 3. The Balaban J connectivity index is 1.87. The number of hydrogen-bond donors (Lipinski definition) is 0. The molecule has 2 saturated heterocycles. The minimum Gasteiger partial charge on any atom is -0.357 e. The summed E-state index contributed by atoms with van der Waals surface area (Å²) in [6.07, 6.45) is 4.67. The highest BCUT2D eigenvalue weighted by Gasteiger charge is 2.35. The predicted molar refractivity (Wildman–Crippen MR) is 75.9 cm³/mol. The summed E-state index contributed by atoms with van der Waals surface area (Å²) in [5.74, 6) is 6.95. The van der Waals surface area contributed by atoms with Crippen LogP contribution in [0, 0.1) is 11.8 Å². The number of ether oxygens (including phenoxy) is 1. The fourth-order valence-corrected chi connectivity index (χ4v) is 2.95. The van der Waals surface area contributed by atoms with Crippen molar-refractivity contribution in [1.82, 2.24) is 4.90 Å². The van der Waals surface area contributed by atoms with Crippen molar-refractivity contribution in [3.05, 3.63) is 0 Å². The van der Waals surface area contributed by atoms with Gasteiger partial charge in [0.05, 0.1) is 12.1 Å². The molecular weight excluding hydrogens is 238 g/mol. The Morgan fingerprint density at radius 2 is 1.89 bits per heavy atom. The second-order valence-electron chi connectivity index (χ2n) is 6.56. The van der Waals surface area contributed by atoms with E-state index >= 15 is 0 Å². The lowest BCUT2D eigenvalue weighted by Gasteiger charge is -2.40. The van der Waals surface area contributed by atoms with Gasteiger partial charge in [0.25, 0.3) is 0 Å². The molecule has 1 atom stereocenters. The lowest BCUT2D eigenvalue weighted by Crippen LogP contribution is -2.42. The normalized spacial score (nSPS) is 31.6. The van der Waals surface area contributed by atoms with Crippen LogP contribution in [0.15, 0.2) is 0 Å². The zero-order chi connectivity index (χ0) is 13.9. The molecule has 19 heavy (non-hydrogen) atoms. The van der Waals surface area contributed by atoms with Crippen molar-refractivity contribution in [1.29, 1.82) is 0 Å². The third kappa shape index (κ3) is 4.33. The Kier molecular flexibility index (Phi) is 4.32. The second-order valence-corrected chi connectivity index (χ2v) is 6.56. The van der Waals surface area contributed by atoms with Crippen LogP contribution in [0.3, 0.4) is 0 Å². The highest BCUT2D eigenvalue weighted by Crippen LogP contribution is 2.34. The molecule has 3 nitrogen and oxygen atoms in total. The summed E-state index contributed by atoms with van der Waals surface area (Å²) in [6.45, 7) is 8.85. The predicted octanol–water partition coefficient (Wildman–Crippen LogP) is 2.39. The molecule has 2 aliphatic rings. The smallest absolute Gasteiger partial charge is 0.135 e. The molecule has 0 aromatic carbocycles. The molecule has 3 heteroatoms. The summed E-state index contributed by atoms with van der Waals surface area (Å²) in [4.78, 5) is 13.4. The van der Waals surface area contributed by atoms with E-state index < -0.39 is 0 Å². The first-order valence-electron chi connectivity index (χ1n) is 7.33. The van der Waals surface area contributed by atoms with Gasteiger partial charge >= 0.3 is 0 Å². The van der Waals surface area contributed by atoms with E-state index in [1.54, 1.807) is 0 Å². The van der Waals surface area contributed by atoms with Crippen molar-refractivity contribution in [2.45, 2.75) is 64.1 Å². The van der Waals surface area contributed by atoms with Crippen LogP contribution in [0.1, 0.15) is 52.9 Å². The molecule has 0 aliphatic carbocycles. The molecule has 0 bridgehead atoms. The van der Waals surface area contributed by atoms with Gasteiger partial charge in [-0.15, -0.1) is 0 Å². The lowest BCUT2D eigenvalue weighted by atomic mass is 9.88. The number of nitrogens with zero attached hydrogens (tertiary/aromatic N) is 1. The minimum absolute atomic E-state index is 0.0563. The summed E-state index contributed by atoms with van der Waals surface area (Å²) in [7, 11) is 0. The number of Topliss-reactive ketones (excluding diaryl/α,β-unsaturated/α-hetero) is 1. The van der Waals surface area contributed by atoms with Crippen LogP contribution in [0.5, 0.6) is 0 Å². The molecular formula is C16H25NO2. The molecule has 106 valence electrons. The van der Waals surface area contributed by atoms with Crippen molar-refractivity contribution in [2.75, 3.05) is 19.6 Å². The van der Waals surface area contributed by atoms with E-state index in [4.69, 9.17) is 4.74 Å². The van der Waals surface area contributed by atoms with Crippen LogP contribution >= 0.6 is 0 Å². The molecule has 1 unspecified atom stereocenters. The summed E-state index contributed by atoms with van der Waals surface area (Å²) in [5.41, 5.74) is -0.355. The molecule has 2 rings (SSSR count). The lowest BCUT2D eigenvalue weighted by molar-refractivity contribution is -0.135. The van der Waals surface area contributed by atoms with Crippen molar-refractivity contribution in [2.24, 2.45) is 0 Å². The second kappa shape index (κ2) is 5.64. The number of carbonyl (C=O) groups excluding carboxylic acids is 1. The Morgan fingerprint density at radius 1 is 1.21 bits per heavy atom. The van der Waals surface area contributed by atoms with E-state index in [1.165, 1.54) is 6.42 Å². The first-order valence-corrected chi connectivity index (χ1v) is 7.33. The van der Waals surface area contributed by atoms with E-state index in [0.717, 1.165) is 32.5 Å². The van der Waals surface area contributed by atoms with Gasteiger partial charge in [-0.2, -0.15) is 0 Å². The van der Waals surface area contributed by atoms with Crippen LogP contribution in [-0.2, 0) is 9.53 Å². The maximum atomic E-state index is 11.2. The topological polar surface area (TPSA) is 29.5 Å². The van der Waals surface area contributed by atoms with E-state index in [1.807, 2.05) is 0 Å². The molecule has 2 aliphatic heterocycles. The highest BCUT2D eigenvalue weighted by molar-refractivity contribution is 5.79. The zero-order valence-electron chi connectivity index (χ0n) is 12.4. The molecule has 0 amide bonds. The SMILES string of the molecule is CC1(C)CCCC(C)(C#CCN2CCC(=O)CC2)O1. The van der Waals surface area contributed by atoms with Crippen molar-refractivity contribution in [3.8, 4) is 11.8 Å². The number of piperidine rings is 1. The third-order valence-electron chi connectivity index (χ3n) is 4.00. The number of ketones is 1. The molecule has 0 aromatic heterocycles. The van der Waals surface area contributed by atoms with E-state index in [9.17, 15) is 4.79 Å². The van der Waals surface area contributed by atoms with Crippen LogP contribution < -0.4 is 0 Å². The minimum atomic E-state index is -0.298. The summed E-state index contributed by atoms with van der Waals surface area (Å²) in [6, 6.07) is 0. The summed E-state index contributed by atoms with van der Waals surface area (Å²) >= 11 is 0. The highest BCUT2D eigenvalue weighted by atomic mass is 16.5. The Hall–Kier alpha value is -0.850. The average Bonchev–Trinajstić information content (AvgIpc) is 2.30. The van der Waals surface area contributed by atoms with Crippen LogP contribution in [0.25, 0.3) is 0 Å². The van der Waals surface area contributed by atoms with Gasteiger partial charge < -0.3 is 4.74 Å². The van der Waals surface area contributed by atoms with Gasteiger partial charge in [-0.3, -0.25) is 9.69 Å². The molecule has 2 heterocycles. The Bertz CT molecular complexity index is 395. The number of carbonyl (C=O) groups is 1. The van der Waals surface area contributed by atoms with Gasteiger partial charge in [0.1, 0.15) is 11.4 Å². The van der Waals surface area contributed by atoms with Gasteiger partial charge in [0, 0.05) is 25.9 Å². The van der Waals surface area contributed by atoms with Crippen molar-refractivity contribution < 1.29 is 9.53 Å². The maximum Gasteiger partial charge on any atom is 0.135 e. The fraction of sp³-hybridized carbons (Fsp3) is 0.812.